The van der Waals surface area contributed by atoms with E-state index in [0.29, 0.717) is 24.9 Å². The van der Waals surface area contributed by atoms with Crippen molar-refractivity contribution in [1.82, 2.24) is 19.6 Å². The van der Waals surface area contributed by atoms with Gasteiger partial charge in [0.15, 0.2) is 0 Å². The molecule has 0 bridgehead atoms. The van der Waals surface area contributed by atoms with E-state index < -0.39 is 0 Å². The minimum Gasteiger partial charge on any atom is -0.341 e. The number of carbonyl (C=O) groups excluding carboxylic acids is 1. The highest BCUT2D eigenvalue weighted by molar-refractivity contribution is 5.76. The van der Waals surface area contributed by atoms with Crippen molar-refractivity contribution in [3.05, 3.63) is 27.7 Å². The van der Waals surface area contributed by atoms with Crippen LogP contribution in [0.5, 0.6) is 0 Å². The van der Waals surface area contributed by atoms with Crippen molar-refractivity contribution >= 4 is 5.91 Å². The molecule has 3 aliphatic rings. The first kappa shape index (κ1) is 17.7. The van der Waals surface area contributed by atoms with E-state index in [2.05, 4.69) is 10.00 Å². The summed E-state index contributed by atoms with van der Waals surface area (Å²) >= 11 is 0. The van der Waals surface area contributed by atoms with E-state index in [-0.39, 0.29) is 5.56 Å². The van der Waals surface area contributed by atoms with Crippen molar-refractivity contribution in [2.45, 2.75) is 70.4 Å². The van der Waals surface area contributed by atoms with Crippen molar-refractivity contribution in [3.63, 3.8) is 0 Å². The number of hydrogen-bond donors (Lipinski definition) is 0. The number of carbonyl (C=O) groups is 1. The Morgan fingerprint density at radius 1 is 0.962 bits per heavy atom. The minimum atomic E-state index is 0.0451. The summed E-state index contributed by atoms with van der Waals surface area (Å²) in [6, 6.07) is 2.18. The zero-order valence-electron chi connectivity index (χ0n) is 15.7. The van der Waals surface area contributed by atoms with Crippen molar-refractivity contribution in [2.24, 2.45) is 0 Å². The molecule has 3 heterocycles. The smallest absolute Gasteiger partial charge is 0.267 e. The number of aromatic nitrogens is 2. The summed E-state index contributed by atoms with van der Waals surface area (Å²) in [5.74, 6) is 0.305. The van der Waals surface area contributed by atoms with Gasteiger partial charge in [0, 0.05) is 38.2 Å². The summed E-state index contributed by atoms with van der Waals surface area (Å²) in [5.41, 5.74) is 2.33. The molecule has 0 saturated carbocycles. The monoisotopic (exact) mass is 358 g/mol. The molecule has 1 atom stereocenters. The molecule has 0 N–H and O–H groups in total. The van der Waals surface area contributed by atoms with Gasteiger partial charge in [0.25, 0.3) is 5.56 Å². The third-order valence-corrected chi connectivity index (χ3v) is 6.24. The number of piperidine rings is 1. The van der Waals surface area contributed by atoms with Crippen LogP contribution in [0.3, 0.4) is 0 Å². The quantitative estimate of drug-likeness (QED) is 0.802. The van der Waals surface area contributed by atoms with Gasteiger partial charge in [-0.1, -0.05) is 0 Å². The third-order valence-electron chi connectivity index (χ3n) is 6.24. The number of fused-ring (bicyclic) bond motifs is 1. The van der Waals surface area contributed by atoms with Gasteiger partial charge in [-0.25, -0.2) is 4.68 Å². The van der Waals surface area contributed by atoms with E-state index in [1.165, 1.54) is 12.8 Å². The van der Waals surface area contributed by atoms with E-state index >= 15 is 0 Å². The molecule has 142 valence electrons. The van der Waals surface area contributed by atoms with Crippen molar-refractivity contribution < 1.29 is 4.79 Å². The van der Waals surface area contributed by atoms with Gasteiger partial charge in [-0.3, -0.25) is 14.5 Å². The number of nitrogens with zero attached hydrogens (tertiary/aromatic N) is 4. The zero-order valence-corrected chi connectivity index (χ0v) is 15.7. The van der Waals surface area contributed by atoms with Gasteiger partial charge < -0.3 is 4.90 Å². The summed E-state index contributed by atoms with van der Waals surface area (Å²) in [6.07, 6.45) is 9.49. The van der Waals surface area contributed by atoms with Crippen LogP contribution < -0.4 is 5.56 Å². The summed E-state index contributed by atoms with van der Waals surface area (Å²) in [6.45, 7) is 4.38. The lowest BCUT2D eigenvalue weighted by molar-refractivity contribution is -0.133. The Hall–Kier alpha value is -1.69. The summed E-state index contributed by atoms with van der Waals surface area (Å²) < 4.78 is 1.69. The number of rotatable bonds is 5. The average molecular weight is 358 g/mol. The van der Waals surface area contributed by atoms with Crippen molar-refractivity contribution in [3.8, 4) is 0 Å². The average Bonchev–Trinajstić information content (AvgIpc) is 3.09. The second-order valence-electron chi connectivity index (χ2n) is 8.01. The fourth-order valence-electron chi connectivity index (χ4n) is 4.68. The molecule has 2 aliphatic heterocycles. The Kier molecular flexibility index (Phi) is 5.38. The van der Waals surface area contributed by atoms with Gasteiger partial charge >= 0.3 is 0 Å². The molecule has 1 amide bonds. The highest BCUT2D eigenvalue weighted by Gasteiger charge is 2.27. The molecule has 0 spiro atoms. The Labute approximate surface area is 155 Å². The first-order valence-electron chi connectivity index (χ1n) is 10.3. The first-order valence-corrected chi connectivity index (χ1v) is 10.3. The molecule has 2 fully saturated rings. The molecule has 6 nitrogen and oxygen atoms in total. The Morgan fingerprint density at radius 2 is 1.81 bits per heavy atom. The predicted octanol–water partition coefficient (Wildman–Crippen LogP) is 1.60. The van der Waals surface area contributed by atoms with Crippen LogP contribution in [0.2, 0.25) is 0 Å². The summed E-state index contributed by atoms with van der Waals surface area (Å²) in [7, 11) is 0. The number of likely N-dealkylation sites (tertiary alicyclic amines) is 2. The predicted molar refractivity (Wildman–Crippen MR) is 100 cm³/mol. The lowest BCUT2D eigenvalue weighted by Gasteiger charge is -2.31. The van der Waals surface area contributed by atoms with Crippen LogP contribution in [-0.4, -0.2) is 57.7 Å². The number of amides is 1. The second kappa shape index (κ2) is 7.91. The van der Waals surface area contributed by atoms with E-state index in [1.54, 1.807) is 4.68 Å². The van der Waals surface area contributed by atoms with Gasteiger partial charge in [-0.2, -0.15) is 5.10 Å². The lowest BCUT2D eigenvalue weighted by Crippen LogP contribution is -2.44. The molecule has 0 aromatic carbocycles. The molecular formula is C20H30N4O2. The van der Waals surface area contributed by atoms with E-state index in [0.717, 1.165) is 76.0 Å². The molecule has 1 aromatic heterocycles. The lowest BCUT2D eigenvalue weighted by atomic mass is 9.97. The third kappa shape index (κ3) is 3.85. The van der Waals surface area contributed by atoms with Crippen LogP contribution in [0.25, 0.3) is 0 Å². The van der Waals surface area contributed by atoms with Crippen LogP contribution >= 0.6 is 0 Å². The maximum atomic E-state index is 12.5. The zero-order chi connectivity index (χ0) is 17.9. The van der Waals surface area contributed by atoms with Gasteiger partial charge in [-0.05, 0) is 63.5 Å². The molecule has 1 unspecified atom stereocenters. The van der Waals surface area contributed by atoms with Gasteiger partial charge in [0.2, 0.25) is 5.91 Å². The molecule has 4 rings (SSSR count). The van der Waals surface area contributed by atoms with Gasteiger partial charge in [-0.15, -0.1) is 0 Å². The number of aryl methyl sites for hydroxylation is 2. The molecule has 26 heavy (non-hydrogen) atoms. The minimum absolute atomic E-state index is 0.0451. The van der Waals surface area contributed by atoms with Crippen LogP contribution in [-0.2, 0) is 24.2 Å². The van der Waals surface area contributed by atoms with Crippen molar-refractivity contribution in [2.75, 3.05) is 26.2 Å². The molecular weight excluding hydrogens is 328 g/mol. The highest BCUT2D eigenvalue weighted by Crippen LogP contribution is 2.20. The second-order valence-corrected chi connectivity index (χ2v) is 8.01. The first-order chi connectivity index (χ1) is 12.7. The van der Waals surface area contributed by atoms with Gasteiger partial charge in [0.05, 0.1) is 12.2 Å². The van der Waals surface area contributed by atoms with Crippen LogP contribution in [0.1, 0.15) is 56.2 Å². The molecule has 1 aromatic rings. The van der Waals surface area contributed by atoms with E-state index in [1.807, 2.05) is 11.0 Å². The fraction of sp³-hybridized carbons (Fsp3) is 0.750. The molecule has 1 aliphatic carbocycles. The van der Waals surface area contributed by atoms with Crippen molar-refractivity contribution in [1.29, 1.82) is 0 Å². The largest absolute Gasteiger partial charge is 0.341 e. The molecule has 0 radical (unpaired) electrons. The molecule has 6 heteroatoms. The maximum Gasteiger partial charge on any atom is 0.267 e. The fourth-order valence-corrected chi connectivity index (χ4v) is 4.68. The maximum absolute atomic E-state index is 12.5. The van der Waals surface area contributed by atoms with E-state index in [9.17, 15) is 9.59 Å². The SMILES string of the molecule is O=C1CCCCN1CCN1CCCC1Cn1nc2c(cc1=O)CCCC2. The Bertz CT molecular complexity index is 714. The Balaban J connectivity index is 1.39. The Morgan fingerprint density at radius 3 is 2.69 bits per heavy atom. The summed E-state index contributed by atoms with van der Waals surface area (Å²) in [5, 5.41) is 4.69. The molecule has 2 saturated heterocycles. The summed E-state index contributed by atoms with van der Waals surface area (Å²) in [4.78, 5) is 28.9. The van der Waals surface area contributed by atoms with Crippen LogP contribution in [0.15, 0.2) is 10.9 Å². The van der Waals surface area contributed by atoms with Crippen LogP contribution in [0.4, 0.5) is 0 Å². The van der Waals surface area contributed by atoms with Gasteiger partial charge in [0.1, 0.15) is 0 Å². The normalized spacial score (nSPS) is 24.1. The number of hydrogen-bond acceptors (Lipinski definition) is 4. The topological polar surface area (TPSA) is 58.4 Å². The van der Waals surface area contributed by atoms with Crippen LogP contribution in [0, 0.1) is 0 Å². The highest BCUT2D eigenvalue weighted by atomic mass is 16.2. The van der Waals surface area contributed by atoms with E-state index in [4.69, 9.17) is 0 Å². The standard InChI is InChI=1S/C20H30N4O2/c25-19-9-3-4-10-23(19)13-12-22-11-5-7-17(22)15-24-20(26)14-16-6-1-2-8-18(16)21-24/h14,17H,1-13,15H2.